The number of nitrogens with zero attached hydrogens (tertiary/aromatic N) is 3. The minimum atomic E-state index is 0. The van der Waals surface area contributed by atoms with Crippen molar-refractivity contribution in [3.63, 3.8) is 0 Å². The van der Waals surface area contributed by atoms with Gasteiger partial charge in [0.1, 0.15) is 0 Å². The summed E-state index contributed by atoms with van der Waals surface area (Å²) >= 11 is 0. The lowest BCUT2D eigenvalue weighted by atomic mass is 10.1. The largest absolute Gasteiger partial charge is 0.384 e. The van der Waals surface area contributed by atoms with E-state index in [0.29, 0.717) is 6.04 Å². The molecule has 1 aromatic heterocycles. The van der Waals surface area contributed by atoms with Crippen LogP contribution in [0.3, 0.4) is 0 Å². The quantitative estimate of drug-likeness (QED) is 0.775. The molecule has 5 rings (SSSR count). The molecule has 0 spiro atoms. The van der Waals surface area contributed by atoms with Crippen molar-refractivity contribution in [2.75, 3.05) is 25.0 Å². The zero-order chi connectivity index (χ0) is 15.9. The highest BCUT2D eigenvalue weighted by molar-refractivity contribution is 5.85. The predicted octanol–water partition coefficient (Wildman–Crippen LogP) is 3.87. The number of benzene rings is 2. The third kappa shape index (κ3) is 2.90. The summed E-state index contributed by atoms with van der Waals surface area (Å²) in [4.78, 5) is 2.57. The first-order valence-corrected chi connectivity index (χ1v) is 8.88. The van der Waals surface area contributed by atoms with E-state index in [2.05, 4.69) is 62.5 Å². The van der Waals surface area contributed by atoms with Crippen LogP contribution < -0.4 is 5.32 Å². The average molecular weight is 355 g/mol. The Morgan fingerprint density at radius 3 is 3.00 bits per heavy atom. The molecule has 2 aliphatic heterocycles. The maximum atomic E-state index is 4.65. The number of hydrogen-bond donors (Lipinski definition) is 1. The number of likely N-dealkylation sites (tertiary alicyclic amines) is 1. The molecule has 1 unspecified atom stereocenters. The molecule has 2 aliphatic rings. The molecule has 0 aliphatic carbocycles. The van der Waals surface area contributed by atoms with E-state index in [1.54, 1.807) is 0 Å². The molecule has 5 heteroatoms. The number of para-hydroxylation sites is 2. The van der Waals surface area contributed by atoms with Gasteiger partial charge in [-0.15, -0.1) is 12.4 Å². The number of aromatic nitrogens is 2. The van der Waals surface area contributed by atoms with E-state index in [0.717, 1.165) is 32.6 Å². The van der Waals surface area contributed by atoms with E-state index in [1.807, 2.05) is 6.20 Å². The summed E-state index contributed by atoms with van der Waals surface area (Å²) in [5.74, 6) is 0. The van der Waals surface area contributed by atoms with Crippen molar-refractivity contribution in [2.24, 2.45) is 0 Å². The lowest BCUT2D eigenvalue weighted by molar-refractivity contribution is 0.314. The van der Waals surface area contributed by atoms with Crippen LogP contribution in [0, 0.1) is 0 Å². The monoisotopic (exact) mass is 354 g/mol. The highest BCUT2D eigenvalue weighted by Gasteiger charge is 2.26. The van der Waals surface area contributed by atoms with Crippen molar-refractivity contribution in [3.05, 3.63) is 59.8 Å². The topological polar surface area (TPSA) is 33.1 Å². The summed E-state index contributed by atoms with van der Waals surface area (Å²) in [6.07, 6.45) is 4.32. The molecule has 0 radical (unpaired) electrons. The predicted molar refractivity (Wildman–Crippen MR) is 105 cm³/mol. The molecular weight excluding hydrogens is 332 g/mol. The van der Waals surface area contributed by atoms with Gasteiger partial charge in [-0.3, -0.25) is 9.58 Å². The fourth-order valence-corrected chi connectivity index (χ4v) is 4.22. The SMILES string of the molecule is Cl.c1cc2c(c(CN3CCC(n4ncc5ccccc54)C3)c1)NCC2. The molecule has 2 aromatic carbocycles. The maximum absolute atomic E-state index is 4.65. The summed E-state index contributed by atoms with van der Waals surface area (Å²) in [6, 6.07) is 15.7. The van der Waals surface area contributed by atoms with Crippen LogP contribution in [0.25, 0.3) is 10.9 Å². The van der Waals surface area contributed by atoms with Crippen LogP contribution in [0.15, 0.2) is 48.7 Å². The highest BCUT2D eigenvalue weighted by atomic mass is 35.5. The Balaban J connectivity index is 0.00000157. The Morgan fingerprint density at radius 2 is 2.04 bits per heavy atom. The molecule has 1 N–H and O–H groups in total. The van der Waals surface area contributed by atoms with Gasteiger partial charge in [0.15, 0.2) is 0 Å². The van der Waals surface area contributed by atoms with Crippen LogP contribution in [-0.2, 0) is 13.0 Å². The molecule has 0 bridgehead atoms. The minimum Gasteiger partial charge on any atom is -0.384 e. The molecule has 130 valence electrons. The van der Waals surface area contributed by atoms with Crippen LogP contribution in [-0.4, -0.2) is 34.3 Å². The van der Waals surface area contributed by atoms with Gasteiger partial charge in [-0.2, -0.15) is 5.10 Å². The van der Waals surface area contributed by atoms with Crippen molar-refractivity contribution in [2.45, 2.75) is 25.4 Å². The van der Waals surface area contributed by atoms with Gasteiger partial charge < -0.3 is 5.32 Å². The molecule has 1 atom stereocenters. The van der Waals surface area contributed by atoms with E-state index in [1.165, 1.54) is 34.1 Å². The summed E-state index contributed by atoms with van der Waals surface area (Å²) in [5.41, 5.74) is 5.55. The minimum absolute atomic E-state index is 0. The van der Waals surface area contributed by atoms with Crippen molar-refractivity contribution >= 4 is 29.0 Å². The van der Waals surface area contributed by atoms with Crippen LogP contribution in [0.5, 0.6) is 0 Å². The Bertz CT molecular complexity index is 888. The Labute approximate surface area is 154 Å². The smallest absolute Gasteiger partial charge is 0.0686 e. The highest BCUT2D eigenvalue weighted by Crippen LogP contribution is 2.30. The number of rotatable bonds is 3. The van der Waals surface area contributed by atoms with Crippen molar-refractivity contribution < 1.29 is 0 Å². The Kier molecular flexibility index (Phi) is 4.40. The zero-order valence-electron chi connectivity index (χ0n) is 14.2. The zero-order valence-corrected chi connectivity index (χ0v) is 15.0. The Hall–Kier alpha value is -2.04. The van der Waals surface area contributed by atoms with E-state index >= 15 is 0 Å². The van der Waals surface area contributed by atoms with Crippen LogP contribution in [0.2, 0.25) is 0 Å². The van der Waals surface area contributed by atoms with Gasteiger partial charge in [0.2, 0.25) is 0 Å². The fourth-order valence-electron chi connectivity index (χ4n) is 4.22. The standard InChI is InChI=1S/C20H22N4.ClH/c1-2-7-19-16(4-1)12-22-24(19)18-9-11-23(14-18)13-17-6-3-5-15-8-10-21-20(15)17;/h1-7,12,18,21H,8-11,13-14H2;1H. The lowest BCUT2D eigenvalue weighted by Gasteiger charge is -2.18. The van der Waals surface area contributed by atoms with E-state index in [9.17, 15) is 0 Å². The fraction of sp³-hybridized carbons (Fsp3) is 0.350. The van der Waals surface area contributed by atoms with Gasteiger partial charge in [0.25, 0.3) is 0 Å². The van der Waals surface area contributed by atoms with E-state index < -0.39 is 0 Å². The summed E-state index contributed by atoms with van der Waals surface area (Å²) in [7, 11) is 0. The van der Waals surface area contributed by atoms with Crippen LogP contribution in [0.4, 0.5) is 5.69 Å². The van der Waals surface area contributed by atoms with E-state index in [-0.39, 0.29) is 12.4 Å². The molecule has 0 saturated carbocycles. The Morgan fingerprint density at radius 1 is 1.12 bits per heavy atom. The number of nitrogens with one attached hydrogen (secondary N) is 1. The molecular formula is C20H23ClN4. The maximum Gasteiger partial charge on any atom is 0.0686 e. The van der Waals surface area contributed by atoms with Crippen molar-refractivity contribution in [3.8, 4) is 0 Å². The van der Waals surface area contributed by atoms with Gasteiger partial charge >= 0.3 is 0 Å². The second-order valence-electron chi connectivity index (χ2n) is 6.95. The van der Waals surface area contributed by atoms with Crippen LogP contribution >= 0.6 is 12.4 Å². The first-order chi connectivity index (χ1) is 11.9. The first-order valence-electron chi connectivity index (χ1n) is 8.88. The average Bonchev–Trinajstić information content (AvgIpc) is 3.34. The van der Waals surface area contributed by atoms with Crippen molar-refractivity contribution in [1.29, 1.82) is 0 Å². The molecule has 25 heavy (non-hydrogen) atoms. The molecule has 0 amide bonds. The number of hydrogen-bond acceptors (Lipinski definition) is 3. The van der Waals surface area contributed by atoms with Gasteiger partial charge in [-0.05, 0) is 30.0 Å². The molecule has 3 heterocycles. The van der Waals surface area contributed by atoms with E-state index in [4.69, 9.17) is 0 Å². The molecule has 1 fully saturated rings. The van der Waals surface area contributed by atoms with Gasteiger partial charge in [-0.1, -0.05) is 36.4 Å². The van der Waals surface area contributed by atoms with Crippen molar-refractivity contribution in [1.82, 2.24) is 14.7 Å². The molecule has 1 saturated heterocycles. The summed E-state index contributed by atoms with van der Waals surface area (Å²) in [5, 5.41) is 9.45. The number of anilines is 1. The molecule has 4 nitrogen and oxygen atoms in total. The van der Waals surface area contributed by atoms with Gasteiger partial charge in [-0.25, -0.2) is 0 Å². The summed E-state index contributed by atoms with van der Waals surface area (Å²) < 4.78 is 2.23. The second-order valence-corrected chi connectivity index (χ2v) is 6.95. The lowest BCUT2D eigenvalue weighted by Crippen LogP contribution is -2.22. The normalized spacial score (nSPS) is 19.6. The number of fused-ring (bicyclic) bond motifs is 2. The third-order valence-electron chi connectivity index (χ3n) is 5.43. The van der Waals surface area contributed by atoms with Crippen LogP contribution in [0.1, 0.15) is 23.6 Å². The summed E-state index contributed by atoms with van der Waals surface area (Å²) in [6.45, 7) is 4.33. The van der Waals surface area contributed by atoms with Gasteiger partial charge in [0, 0.05) is 37.3 Å². The van der Waals surface area contributed by atoms with Gasteiger partial charge in [0.05, 0.1) is 17.8 Å². The second kappa shape index (κ2) is 6.70. The third-order valence-corrected chi connectivity index (χ3v) is 5.43. The number of halogens is 1. The first kappa shape index (κ1) is 16.4. The molecule has 3 aromatic rings.